The summed E-state index contributed by atoms with van der Waals surface area (Å²) in [5.74, 6) is 0.264. The lowest BCUT2D eigenvalue weighted by molar-refractivity contribution is -0.118. The van der Waals surface area contributed by atoms with Gasteiger partial charge in [0, 0.05) is 7.05 Å². The van der Waals surface area contributed by atoms with Gasteiger partial charge in [-0.2, -0.15) is 0 Å². The summed E-state index contributed by atoms with van der Waals surface area (Å²) in [6, 6.07) is 9.92. The third-order valence-electron chi connectivity index (χ3n) is 2.29. The average Bonchev–Trinajstić information content (AvgIpc) is 2.84. The summed E-state index contributed by atoms with van der Waals surface area (Å²) in [7, 11) is 1.61. The van der Waals surface area contributed by atoms with Gasteiger partial charge < -0.3 is 5.32 Å². The van der Waals surface area contributed by atoms with Gasteiger partial charge in [0.1, 0.15) is 0 Å². The molecule has 1 heterocycles. The number of thioether (sulfide) groups is 1. The largest absolute Gasteiger partial charge is 0.358 e. The Morgan fingerprint density at radius 3 is 2.89 bits per heavy atom. The zero-order chi connectivity index (χ0) is 12.8. The van der Waals surface area contributed by atoms with Gasteiger partial charge in [-0.05, 0) is 16.0 Å². The van der Waals surface area contributed by atoms with Crippen molar-refractivity contribution < 1.29 is 4.79 Å². The zero-order valence-electron chi connectivity index (χ0n) is 9.91. The molecule has 18 heavy (non-hydrogen) atoms. The molecule has 0 aliphatic rings. The van der Waals surface area contributed by atoms with Crippen molar-refractivity contribution in [3.05, 3.63) is 35.9 Å². The van der Waals surface area contributed by atoms with Gasteiger partial charge in [-0.25, -0.2) is 4.68 Å². The Kier molecular flexibility index (Phi) is 4.30. The molecule has 94 valence electrons. The smallest absolute Gasteiger partial charge is 0.230 e. The second kappa shape index (κ2) is 6.15. The Hall–Kier alpha value is -1.89. The van der Waals surface area contributed by atoms with E-state index in [0.717, 1.165) is 5.56 Å². The number of benzene rings is 1. The fraction of sp³-hybridized carbons (Fsp3) is 0.273. The number of hydrogen-bond donors (Lipinski definition) is 1. The summed E-state index contributed by atoms with van der Waals surface area (Å²) in [5, 5.41) is 14.7. The molecule has 6 nitrogen and oxygen atoms in total. The van der Waals surface area contributed by atoms with Gasteiger partial charge in [0.15, 0.2) is 0 Å². The van der Waals surface area contributed by atoms with Crippen LogP contribution in [0.25, 0.3) is 0 Å². The molecule has 0 bridgehead atoms. The van der Waals surface area contributed by atoms with Crippen LogP contribution in [-0.4, -0.2) is 38.9 Å². The van der Waals surface area contributed by atoms with Crippen molar-refractivity contribution >= 4 is 17.7 Å². The summed E-state index contributed by atoms with van der Waals surface area (Å²) in [6.45, 7) is 0.601. The molecule has 7 heteroatoms. The van der Waals surface area contributed by atoms with Gasteiger partial charge in [0.2, 0.25) is 11.1 Å². The van der Waals surface area contributed by atoms with E-state index in [1.807, 2.05) is 30.3 Å². The number of hydrogen-bond acceptors (Lipinski definition) is 5. The van der Waals surface area contributed by atoms with Crippen molar-refractivity contribution in [1.29, 1.82) is 0 Å². The minimum Gasteiger partial charge on any atom is -0.358 e. The molecule has 0 fully saturated rings. The molecule has 0 aliphatic heterocycles. The van der Waals surface area contributed by atoms with E-state index >= 15 is 0 Å². The molecule has 0 unspecified atom stereocenters. The predicted octanol–water partition coefficient (Wildman–Crippen LogP) is 0.559. The Morgan fingerprint density at radius 2 is 2.17 bits per heavy atom. The van der Waals surface area contributed by atoms with E-state index < -0.39 is 0 Å². The van der Waals surface area contributed by atoms with E-state index in [1.54, 1.807) is 11.7 Å². The molecule has 1 aromatic heterocycles. The maximum Gasteiger partial charge on any atom is 0.230 e. The van der Waals surface area contributed by atoms with Crippen LogP contribution >= 0.6 is 11.8 Å². The van der Waals surface area contributed by atoms with Crippen molar-refractivity contribution in [2.75, 3.05) is 12.8 Å². The average molecular weight is 263 g/mol. The number of tetrazole rings is 1. The highest BCUT2D eigenvalue weighted by Crippen LogP contribution is 2.14. The van der Waals surface area contributed by atoms with Gasteiger partial charge >= 0.3 is 0 Å². The topological polar surface area (TPSA) is 72.7 Å². The Balaban J connectivity index is 2.02. The minimum atomic E-state index is -0.0470. The van der Waals surface area contributed by atoms with Gasteiger partial charge in [-0.3, -0.25) is 4.79 Å². The highest BCUT2D eigenvalue weighted by Gasteiger charge is 2.09. The molecule has 2 aromatic rings. The zero-order valence-corrected chi connectivity index (χ0v) is 10.7. The van der Waals surface area contributed by atoms with Crippen molar-refractivity contribution in [3.63, 3.8) is 0 Å². The Morgan fingerprint density at radius 1 is 1.39 bits per heavy atom. The molecule has 0 saturated heterocycles. The minimum absolute atomic E-state index is 0.0470. The van der Waals surface area contributed by atoms with Crippen molar-refractivity contribution in [2.24, 2.45) is 0 Å². The van der Waals surface area contributed by atoms with E-state index in [-0.39, 0.29) is 5.91 Å². The molecule has 0 radical (unpaired) electrons. The summed E-state index contributed by atoms with van der Waals surface area (Å²) in [4.78, 5) is 11.2. The Bertz CT molecular complexity index is 513. The van der Waals surface area contributed by atoms with Crippen LogP contribution in [0.1, 0.15) is 5.56 Å². The number of carbonyl (C=O) groups is 1. The lowest BCUT2D eigenvalue weighted by atomic mass is 10.2. The number of nitrogens with one attached hydrogen (secondary N) is 1. The normalized spacial score (nSPS) is 10.3. The van der Waals surface area contributed by atoms with Crippen LogP contribution in [0, 0.1) is 0 Å². The number of rotatable bonds is 5. The summed E-state index contributed by atoms with van der Waals surface area (Å²) >= 11 is 1.32. The van der Waals surface area contributed by atoms with Gasteiger partial charge in [-0.15, -0.1) is 5.10 Å². The third kappa shape index (κ3) is 3.30. The monoisotopic (exact) mass is 263 g/mol. The van der Waals surface area contributed by atoms with Crippen LogP contribution in [0.2, 0.25) is 0 Å². The van der Waals surface area contributed by atoms with Crippen molar-refractivity contribution in [3.8, 4) is 0 Å². The molecule has 2 rings (SSSR count). The highest BCUT2D eigenvalue weighted by molar-refractivity contribution is 7.99. The molecular formula is C11H13N5OS. The summed E-state index contributed by atoms with van der Waals surface area (Å²) in [5.41, 5.74) is 1.12. The SMILES string of the molecule is CNC(=O)CSc1nnnn1Cc1ccccc1. The summed E-state index contributed by atoms with van der Waals surface area (Å²) in [6.07, 6.45) is 0. The van der Waals surface area contributed by atoms with Crippen molar-refractivity contribution in [2.45, 2.75) is 11.7 Å². The first-order chi connectivity index (χ1) is 8.79. The number of amides is 1. The first kappa shape index (κ1) is 12.6. The fourth-order valence-electron chi connectivity index (χ4n) is 1.36. The molecule has 1 aromatic carbocycles. The maximum absolute atomic E-state index is 11.2. The molecule has 1 N–H and O–H groups in total. The van der Waals surface area contributed by atoms with E-state index in [2.05, 4.69) is 20.8 Å². The fourth-order valence-corrected chi connectivity index (χ4v) is 2.11. The second-order valence-electron chi connectivity index (χ2n) is 3.57. The van der Waals surface area contributed by atoms with Crippen LogP contribution in [0.5, 0.6) is 0 Å². The third-order valence-corrected chi connectivity index (χ3v) is 3.24. The molecule has 0 aliphatic carbocycles. The summed E-state index contributed by atoms with van der Waals surface area (Å²) < 4.78 is 1.68. The number of carbonyl (C=O) groups excluding carboxylic acids is 1. The highest BCUT2D eigenvalue weighted by atomic mass is 32.2. The molecule has 0 atom stereocenters. The number of aromatic nitrogens is 4. The van der Waals surface area contributed by atoms with E-state index in [9.17, 15) is 4.79 Å². The standard InChI is InChI=1S/C11H13N5OS/c1-12-10(17)8-18-11-13-14-15-16(11)7-9-5-3-2-4-6-9/h2-6H,7-8H2,1H3,(H,12,17). The van der Waals surface area contributed by atoms with E-state index in [1.165, 1.54) is 11.8 Å². The molecule has 0 saturated carbocycles. The van der Waals surface area contributed by atoms with Gasteiger partial charge in [0.05, 0.1) is 12.3 Å². The number of nitrogens with zero attached hydrogens (tertiary/aromatic N) is 4. The van der Waals surface area contributed by atoms with E-state index in [0.29, 0.717) is 17.5 Å². The van der Waals surface area contributed by atoms with Crippen LogP contribution in [0.15, 0.2) is 35.5 Å². The van der Waals surface area contributed by atoms with Gasteiger partial charge in [0.25, 0.3) is 0 Å². The van der Waals surface area contributed by atoms with Crippen LogP contribution in [0.4, 0.5) is 0 Å². The van der Waals surface area contributed by atoms with Crippen LogP contribution in [-0.2, 0) is 11.3 Å². The van der Waals surface area contributed by atoms with Gasteiger partial charge in [-0.1, -0.05) is 42.1 Å². The molecular weight excluding hydrogens is 250 g/mol. The molecule has 1 amide bonds. The van der Waals surface area contributed by atoms with E-state index in [4.69, 9.17) is 0 Å². The van der Waals surface area contributed by atoms with Crippen LogP contribution < -0.4 is 5.32 Å². The quantitative estimate of drug-likeness (QED) is 0.798. The lowest BCUT2D eigenvalue weighted by Gasteiger charge is -2.03. The Labute approximate surface area is 109 Å². The first-order valence-corrected chi connectivity index (χ1v) is 6.41. The first-order valence-electron chi connectivity index (χ1n) is 5.43. The predicted molar refractivity (Wildman–Crippen MR) is 68.2 cm³/mol. The van der Waals surface area contributed by atoms with Crippen molar-refractivity contribution in [1.82, 2.24) is 25.5 Å². The lowest BCUT2D eigenvalue weighted by Crippen LogP contribution is -2.20. The molecule has 0 spiro atoms. The maximum atomic E-state index is 11.2. The van der Waals surface area contributed by atoms with Crippen LogP contribution in [0.3, 0.4) is 0 Å². The second-order valence-corrected chi connectivity index (χ2v) is 4.51.